The van der Waals surface area contributed by atoms with E-state index in [-0.39, 0.29) is 11.8 Å². The fraction of sp³-hybridized carbons (Fsp3) is 0.500. The molecule has 1 rings (SSSR count). The number of nitrogens with two attached hydrogens (primary N) is 1. The van der Waals surface area contributed by atoms with Gasteiger partial charge in [0, 0.05) is 5.69 Å². The molecular weight excluding hydrogens is 212 g/mol. The van der Waals surface area contributed by atoms with Crippen molar-refractivity contribution in [3.63, 3.8) is 0 Å². The molecule has 0 heterocycles. The van der Waals surface area contributed by atoms with Crippen LogP contribution >= 0.6 is 0 Å². The molecule has 0 aliphatic heterocycles. The van der Waals surface area contributed by atoms with E-state index in [1.807, 2.05) is 38.1 Å². The smallest absolute Gasteiger partial charge is 0.241 e. The lowest BCUT2D eigenvalue weighted by atomic mass is 10.00. The lowest BCUT2D eigenvalue weighted by Crippen LogP contribution is -2.39. The molecule has 3 heteroatoms. The molecule has 0 aliphatic rings. The standard InChI is InChI=1S/C14H22N2O/c1-9(2)11-7-5-6-8-12(11)16-14(17)13(15)10(3)4/h5-10,13H,15H2,1-4H3,(H,16,17). The summed E-state index contributed by atoms with van der Waals surface area (Å²) in [7, 11) is 0. The molecule has 0 bridgehead atoms. The molecule has 0 aliphatic carbocycles. The number of nitrogens with one attached hydrogen (secondary N) is 1. The topological polar surface area (TPSA) is 55.1 Å². The van der Waals surface area contributed by atoms with Crippen LogP contribution in [-0.4, -0.2) is 11.9 Å². The second kappa shape index (κ2) is 5.82. The number of anilines is 1. The van der Waals surface area contributed by atoms with Crippen molar-refractivity contribution in [3.8, 4) is 0 Å². The Balaban J connectivity index is 2.85. The number of amides is 1. The van der Waals surface area contributed by atoms with E-state index < -0.39 is 6.04 Å². The quantitative estimate of drug-likeness (QED) is 0.841. The molecule has 17 heavy (non-hydrogen) atoms. The van der Waals surface area contributed by atoms with Gasteiger partial charge in [-0.25, -0.2) is 0 Å². The molecule has 0 saturated carbocycles. The van der Waals surface area contributed by atoms with Gasteiger partial charge in [-0.15, -0.1) is 0 Å². The van der Waals surface area contributed by atoms with Gasteiger partial charge in [0.05, 0.1) is 6.04 Å². The highest BCUT2D eigenvalue weighted by Crippen LogP contribution is 2.23. The normalized spacial score (nSPS) is 12.9. The van der Waals surface area contributed by atoms with E-state index in [2.05, 4.69) is 19.2 Å². The summed E-state index contributed by atoms with van der Waals surface area (Å²) in [5.74, 6) is 0.399. The first-order chi connectivity index (χ1) is 7.93. The van der Waals surface area contributed by atoms with Gasteiger partial charge in [-0.05, 0) is 23.5 Å². The third kappa shape index (κ3) is 3.56. The highest BCUT2D eigenvalue weighted by Gasteiger charge is 2.18. The molecule has 1 unspecified atom stereocenters. The van der Waals surface area contributed by atoms with Gasteiger partial charge < -0.3 is 11.1 Å². The number of para-hydroxylation sites is 1. The fourth-order valence-electron chi connectivity index (χ4n) is 1.63. The summed E-state index contributed by atoms with van der Waals surface area (Å²) in [4.78, 5) is 11.9. The van der Waals surface area contributed by atoms with Crippen LogP contribution in [0.15, 0.2) is 24.3 Å². The molecule has 0 saturated heterocycles. The van der Waals surface area contributed by atoms with Gasteiger partial charge in [0.15, 0.2) is 0 Å². The van der Waals surface area contributed by atoms with Crippen LogP contribution in [0.4, 0.5) is 5.69 Å². The first-order valence-electron chi connectivity index (χ1n) is 6.08. The predicted molar refractivity (Wildman–Crippen MR) is 72.0 cm³/mol. The first-order valence-corrected chi connectivity index (χ1v) is 6.08. The second-order valence-corrected chi connectivity index (χ2v) is 5.00. The molecule has 3 nitrogen and oxygen atoms in total. The largest absolute Gasteiger partial charge is 0.324 e. The van der Waals surface area contributed by atoms with Crippen LogP contribution in [-0.2, 0) is 4.79 Å². The SMILES string of the molecule is CC(C)c1ccccc1NC(=O)C(N)C(C)C. The average molecular weight is 234 g/mol. The van der Waals surface area contributed by atoms with Gasteiger partial charge in [-0.3, -0.25) is 4.79 Å². The van der Waals surface area contributed by atoms with Crippen LogP contribution in [0.3, 0.4) is 0 Å². The molecular formula is C14H22N2O. The summed E-state index contributed by atoms with van der Waals surface area (Å²) >= 11 is 0. The molecule has 0 fully saturated rings. The number of hydrogen-bond acceptors (Lipinski definition) is 2. The van der Waals surface area contributed by atoms with E-state index in [1.165, 1.54) is 0 Å². The van der Waals surface area contributed by atoms with Crippen molar-refractivity contribution in [1.29, 1.82) is 0 Å². The maximum atomic E-state index is 11.9. The van der Waals surface area contributed by atoms with Crippen molar-refractivity contribution in [2.24, 2.45) is 11.7 Å². The van der Waals surface area contributed by atoms with E-state index in [1.54, 1.807) is 0 Å². The molecule has 3 N–H and O–H groups in total. The maximum absolute atomic E-state index is 11.9. The number of hydrogen-bond donors (Lipinski definition) is 2. The molecule has 0 radical (unpaired) electrons. The maximum Gasteiger partial charge on any atom is 0.241 e. The Hall–Kier alpha value is -1.35. The zero-order valence-corrected chi connectivity index (χ0v) is 11.0. The van der Waals surface area contributed by atoms with E-state index in [9.17, 15) is 4.79 Å². The van der Waals surface area contributed by atoms with Crippen molar-refractivity contribution in [1.82, 2.24) is 0 Å². The van der Waals surface area contributed by atoms with Crippen molar-refractivity contribution in [3.05, 3.63) is 29.8 Å². The summed E-state index contributed by atoms with van der Waals surface area (Å²) in [5, 5.41) is 2.91. The molecule has 1 atom stereocenters. The average Bonchev–Trinajstić information content (AvgIpc) is 2.28. The monoisotopic (exact) mass is 234 g/mol. The first kappa shape index (κ1) is 13.7. The Morgan fingerprint density at radius 2 is 1.76 bits per heavy atom. The Morgan fingerprint density at radius 1 is 1.18 bits per heavy atom. The Kier molecular flexibility index (Phi) is 4.70. The van der Waals surface area contributed by atoms with E-state index in [0.29, 0.717) is 5.92 Å². The highest BCUT2D eigenvalue weighted by atomic mass is 16.2. The van der Waals surface area contributed by atoms with Crippen molar-refractivity contribution >= 4 is 11.6 Å². The minimum absolute atomic E-state index is 0.117. The van der Waals surface area contributed by atoms with Crippen LogP contribution in [0.5, 0.6) is 0 Å². The molecule has 0 aromatic heterocycles. The minimum Gasteiger partial charge on any atom is -0.324 e. The van der Waals surface area contributed by atoms with E-state index in [0.717, 1.165) is 11.3 Å². The molecule has 1 amide bonds. The Bertz CT molecular complexity index is 386. The predicted octanol–water partition coefficient (Wildman–Crippen LogP) is 2.73. The van der Waals surface area contributed by atoms with Gasteiger partial charge in [-0.1, -0.05) is 45.9 Å². The summed E-state index contributed by atoms with van der Waals surface area (Å²) in [6, 6.07) is 7.38. The van der Waals surface area contributed by atoms with Gasteiger partial charge in [0.25, 0.3) is 0 Å². The third-order valence-corrected chi connectivity index (χ3v) is 2.86. The van der Waals surface area contributed by atoms with Crippen molar-refractivity contribution in [2.45, 2.75) is 39.7 Å². The summed E-state index contributed by atoms with van der Waals surface area (Å²) < 4.78 is 0. The molecule has 94 valence electrons. The lowest BCUT2D eigenvalue weighted by Gasteiger charge is -2.18. The highest BCUT2D eigenvalue weighted by molar-refractivity contribution is 5.95. The van der Waals surface area contributed by atoms with Crippen LogP contribution in [0.25, 0.3) is 0 Å². The summed E-state index contributed by atoms with van der Waals surface area (Å²) in [6.07, 6.45) is 0. The minimum atomic E-state index is -0.463. The number of carbonyl (C=O) groups is 1. The van der Waals surface area contributed by atoms with Gasteiger partial charge in [0.1, 0.15) is 0 Å². The Morgan fingerprint density at radius 3 is 2.29 bits per heavy atom. The second-order valence-electron chi connectivity index (χ2n) is 5.00. The number of rotatable bonds is 4. The van der Waals surface area contributed by atoms with E-state index in [4.69, 9.17) is 5.73 Å². The lowest BCUT2D eigenvalue weighted by molar-refractivity contribution is -0.118. The van der Waals surface area contributed by atoms with Crippen molar-refractivity contribution in [2.75, 3.05) is 5.32 Å². The summed E-state index contributed by atoms with van der Waals surface area (Å²) in [5.41, 5.74) is 7.82. The fourth-order valence-corrected chi connectivity index (χ4v) is 1.63. The zero-order valence-electron chi connectivity index (χ0n) is 11.0. The van der Waals surface area contributed by atoms with E-state index >= 15 is 0 Å². The van der Waals surface area contributed by atoms with Crippen LogP contribution in [0.1, 0.15) is 39.2 Å². The molecule has 0 spiro atoms. The van der Waals surface area contributed by atoms with Crippen LogP contribution in [0.2, 0.25) is 0 Å². The van der Waals surface area contributed by atoms with Crippen molar-refractivity contribution < 1.29 is 4.79 Å². The molecule has 1 aromatic carbocycles. The zero-order chi connectivity index (χ0) is 13.0. The van der Waals surface area contributed by atoms with Gasteiger partial charge >= 0.3 is 0 Å². The third-order valence-electron chi connectivity index (χ3n) is 2.86. The van der Waals surface area contributed by atoms with Crippen LogP contribution in [0, 0.1) is 5.92 Å². The number of carbonyl (C=O) groups excluding carboxylic acids is 1. The number of benzene rings is 1. The molecule has 1 aromatic rings. The van der Waals surface area contributed by atoms with Gasteiger partial charge in [0.2, 0.25) is 5.91 Å². The summed E-state index contributed by atoms with van der Waals surface area (Å²) in [6.45, 7) is 8.10. The van der Waals surface area contributed by atoms with Crippen LogP contribution < -0.4 is 11.1 Å². The Labute approximate surface area is 103 Å². The van der Waals surface area contributed by atoms with Gasteiger partial charge in [-0.2, -0.15) is 0 Å².